The molecule has 1 aromatic carbocycles. The van der Waals surface area contributed by atoms with Gasteiger partial charge in [0.2, 0.25) is 5.78 Å². The van der Waals surface area contributed by atoms with Crippen LogP contribution in [-0.2, 0) is 11.9 Å². The largest absolute Gasteiger partial charge is 0.433 e. The van der Waals surface area contributed by atoms with Crippen LogP contribution in [0.1, 0.15) is 11.4 Å². The molecule has 0 saturated heterocycles. The molecule has 0 fully saturated rings. The Kier molecular flexibility index (Phi) is 4.53. The molecule has 0 aliphatic heterocycles. The van der Waals surface area contributed by atoms with Crippen LogP contribution in [0.5, 0.6) is 0 Å². The van der Waals surface area contributed by atoms with E-state index in [-0.39, 0.29) is 10.9 Å². The number of rotatable bonds is 4. The van der Waals surface area contributed by atoms with Gasteiger partial charge in [0.15, 0.2) is 5.16 Å². The summed E-state index contributed by atoms with van der Waals surface area (Å²) in [6, 6.07) is 11.5. The minimum absolute atomic E-state index is 0.0497. The lowest BCUT2D eigenvalue weighted by Gasteiger charge is -2.10. The van der Waals surface area contributed by atoms with Crippen LogP contribution in [0.25, 0.3) is 17.0 Å². The molecule has 0 unspecified atom stereocenters. The number of halogens is 3. The zero-order valence-corrected chi connectivity index (χ0v) is 14.6. The third kappa shape index (κ3) is 3.92. The summed E-state index contributed by atoms with van der Waals surface area (Å²) < 4.78 is 41.5. The van der Waals surface area contributed by atoms with Crippen molar-refractivity contribution in [3.05, 3.63) is 72.4 Å². The minimum Gasteiger partial charge on any atom is -0.291 e. The maximum atomic E-state index is 13.2. The van der Waals surface area contributed by atoms with Crippen LogP contribution in [0, 0.1) is 0 Å². The van der Waals surface area contributed by atoms with Gasteiger partial charge in [-0.1, -0.05) is 42.1 Å². The van der Waals surface area contributed by atoms with E-state index in [1.807, 2.05) is 0 Å². The third-order valence-corrected chi connectivity index (χ3v) is 4.58. The molecule has 27 heavy (non-hydrogen) atoms. The Hall–Kier alpha value is -2.94. The molecule has 0 aliphatic carbocycles. The fourth-order valence-corrected chi connectivity index (χ4v) is 3.22. The normalized spacial score (nSPS) is 11.8. The molecule has 0 amide bonds. The number of hydrogen-bond donors (Lipinski definition) is 0. The van der Waals surface area contributed by atoms with Gasteiger partial charge in [-0.3, -0.25) is 4.40 Å². The molecule has 4 rings (SSSR count). The van der Waals surface area contributed by atoms with Gasteiger partial charge < -0.3 is 0 Å². The van der Waals surface area contributed by atoms with Crippen molar-refractivity contribution in [2.75, 3.05) is 0 Å². The molecule has 0 saturated carbocycles. The van der Waals surface area contributed by atoms with Gasteiger partial charge in [-0.25, -0.2) is 19.9 Å². The standard InChI is InChI=1S/C18H12F3N5S/c19-18(20,21)15-9-14(12-5-2-1-3-6-12)24-17(25-15)27-11-13-10-26-8-4-7-22-16(26)23-13/h1-10H,11H2. The van der Waals surface area contributed by atoms with Crippen molar-refractivity contribution in [3.63, 3.8) is 0 Å². The summed E-state index contributed by atoms with van der Waals surface area (Å²) in [5.74, 6) is 0.863. The molecule has 9 heteroatoms. The molecule has 0 spiro atoms. The molecule has 0 aliphatic rings. The van der Waals surface area contributed by atoms with Crippen molar-refractivity contribution in [1.82, 2.24) is 24.3 Å². The first-order valence-corrected chi connectivity index (χ1v) is 8.91. The van der Waals surface area contributed by atoms with E-state index in [0.717, 1.165) is 17.8 Å². The smallest absolute Gasteiger partial charge is 0.291 e. The first kappa shape index (κ1) is 17.5. The van der Waals surface area contributed by atoms with E-state index in [1.54, 1.807) is 59.4 Å². The number of nitrogens with zero attached hydrogens (tertiary/aromatic N) is 5. The fraction of sp³-hybridized carbons (Fsp3) is 0.111. The van der Waals surface area contributed by atoms with Gasteiger partial charge in [0, 0.05) is 29.9 Å². The highest BCUT2D eigenvalue weighted by Gasteiger charge is 2.33. The van der Waals surface area contributed by atoms with Crippen molar-refractivity contribution in [2.45, 2.75) is 17.1 Å². The van der Waals surface area contributed by atoms with Crippen LogP contribution in [0.2, 0.25) is 0 Å². The molecule has 4 aromatic rings. The molecular weight excluding hydrogens is 375 g/mol. The van der Waals surface area contributed by atoms with Gasteiger partial charge in [0.1, 0.15) is 5.69 Å². The second-order valence-electron chi connectivity index (χ2n) is 5.63. The number of hydrogen-bond acceptors (Lipinski definition) is 5. The van der Waals surface area contributed by atoms with E-state index in [1.165, 1.54) is 0 Å². The maximum absolute atomic E-state index is 13.2. The molecule has 0 bridgehead atoms. The van der Waals surface area contributed by atoms with E-state index in [9.17, 15) is 13.2 Å². The van der Waals surface area contributed by atoms with E-state index < -0.39 is 11.9 Å². The van der Waals surface area contributed by atoms with Crippen LogP contribution < -0.4 is 0 Å². The lowest BCUT2D eigenvalue weighted by atomic mass is 10.1. The quantitative estimate of drug-likeness (QED) is 0.381. The van der Waals surface area contributed by atoms with Crippen molar-refractivity contribution in [2.24, 2.45) is 0 Å². The minimum atomic E-state index is -4.55. The topological polar surface area (TPSA) is 56.0 Å². The van der Waals surface area contributed by atoms with Gasteiger partial charge in [0.25, 0.3) is 0 Å². The first-order valence-electron chi connectivity index (χ1n) is 7.92. The summed E-state index contributed by atoms with van der Waals surface area (Å²) in [6.07, 6.45) is 0.662. The van der Waals surface area contributed by atoms with E-state index in [2.05, 4.69) is 19.9 Å². The van der Waals surface area contributed by atoms with Crippen molar-refractivity contribution < 1.29 is 13.2 Å². The van der Waals surface area contributed by atoms with Gasteiger partial charge in [-0.15, -0.1) is 0 Å². The van der Waals surface area contributed by atoms with Gasteiger partial charge in [0.05, 0.1) is 11.4 Å². The highest BCUT2D eigenvalue weighted by molar-refractivity contribution is 7.98. The van der Waals surface area contributed by atoms with Crippen LogP contribution >= 0.6 is 11.8 Å². The fourth-order valence-electron chi connectivity index (χ4n) is 2.48. The zero-order chi connectivity index (χ0) is 18.9. The number of aromatic nitrogens is 5. The Bertz CT molecular complexity index is 1050. The monoisotopic (exact) mass is 387 g/mol. The van der Waals surface area contributed by atoms with Crippen molar-refractivity contribution in [3.8, 4) is 11.3 Å². The predicted octanol–water partition coefficient (Wildman–Crippen LogP) is 4.50. The molecule has 3 heterocycles. The number of thioether (sulfide) groups is 1. The summed E-state index contributed by atoms with van der Waals surface area (Å²) in [7, 11) is 0. The summed E-state index contributed by atoms with van der Waals surface area (Å²) in [6.45, 7) is 0. The number of fused-ring (bicyclic) bond motifs is 1. The molecule has 136 valence electrons. The highest BCUT2D eigenvalue weighted by Crippen LogP contribution is 2.32. The van der Waals surface area contributed by atoms with Gasteiger partial charge >= 0.3 is 6.18 Å². The van der Waals surface area contributed by atoms with E-state index in [4.69, 9.17) is 0 Å². The molecule has 0 radical (unpaired) electrons. The van der Waals surface area contributed by atoms with Gasteiger partial charge in [-0.05, 0) is 12.1 Å². The Morgan fingerprint density at radius 3 is 2.56 bits per heavy atom. The average Bonchev–Trinajstić information content (AvgIpc) is 3.09. The number of alkyl halides is 3. The molecule has 0 atom stereocenters. The van der Waals surface area contributed by atoms with Crippen LogP contribution in [0.3, 0.4) is 0 Å². The van der Waals surface area contributed by atoms with Crippen molar-refractivity contribution in [1.29, 1.82) is 0 Å². The molecule has 5 nitrogen and oxygen atoms in total. The molecule has 3 aromatic heterocycles. The zero-order valence-electron chi connectivity index (χ0n) is 13.8. The summed E-state index contributed by atoms with van der Waals surface area (Å²) in [5.41, 5.74) is 0.553. The summed E-state index contributed by atoms with van der Waals surface area (Å²) in [5, 5.41) is 0.0497. The Morgan fingerprint density at radius 2 is 1.81 bits per heavy atom. The maximum Gasteiger partial charge on any atom is 0.433 e. The van der Waals surface area contributed by atoms with E-state index >= 15 is 0 Å². The lowest BCUT2D eigenvalue weighted by molar-refractivity contribution is -0.141. The third-order valence-electron chi connectivity index (χ3n) is 3.70. The van der Waals surface area contributed by atoms with E-state index in [0.29, 0.717) is 22.8 Å². The predicted molar refractivity (Wildman–Crippen MR) is 95.0 cm³/mol. The molecule has 0 N–H and O–H groups in total. The Labute approximate surface area is 156 Å². The Balaban J connectivity index is 1.64. The first-order chi connectivity index (χ1) is 13.0. The lowest BCUT2D eigenvalue weighted by Crippen LogP contribution is -2.10. The number of imidazole rings is 1. The SMILES string of the molecule is FC(F)(F)c1cc(-c2ccccc2)nc(SCc2cn3cccnc3n2)n1. The Morgan fingerprint density at radius 1 is 1.00 bits per heavy atom. The number of benzene rings is 1. The van der Waals surface area contributed by atoms with Crippen LogP contribution in [0.4, 0.5) is 13.2 Å². The highest BCUT2D eigenvalue weighted by atomic mass is 32.2. The van der Waals surface area contributed by atoms with Crippen molar-refractivity contribution >= 4 is 17.5 Å². The second kappa shape index (κ2) is 6.99. The second-order valence-corrected chi connectivity index (χ2v) is 6.58. The average molecular weight is 387 g/mol. The summed E-state index contributed by atoms with van der Waals surface area (Å²) in [4.78, 5) is 16.4. The van der Waals surface area contributed by atoms with Crippen LogP contribution in [0.15, 0.2) is 66.2 Å². The van der Waals surface area contributed by atoms with Crippen LogP contribution in [-0.4, -0.2) is 24.3 Å². The summed E-state index contributed by atoms with van der Waals surface area (Å²) >= 11 is 1.10. The van der Waals surface area contributed by atoms with Gasteiger partial charge in [-0.2, -0.15) is 13.2 Å². The molecular formula is C18H12F3N5S.